The zero-order valence-corrected chi connectivity index (χ0v) is 16.9. The second kappa shape index (κ2) is 8.04. The van der Waals surface area contributed by atoms with Crippen molar-refractivity contribution in [1.29, 1.82) is 0 Å². The molecule has 1 fully saturated rings. The number of hydrogen-bond acceptors (Lipinski definition) is 4. The molecular weight excluding hydrogens is 394 g/mol. The molecule has 2 aromatic heterocycles. The van der Waals surface area contributed by atoms with Crippen molar-refractivity contribution < 1.29 is 8.78 Å². The van der Waals surface area contributed by atoms with Crippen LogP contribution in [0.25, 0.3) is 33.4 Å². The zero-order chi connectivity index (χ0) is 21.4. The SMILES string of the molecule is NC1CCCN(c2ccnc3ccc(-c4cccc(-c5c(F)cccc5F)n4)cc23)C1. The number of rotatable bonds is 3. The van der Waals surface area contributed by atoms with Gasteiger partial charge in [0.25, 0.3) is 0 Å². The molecule has 0 bridgehead atoms. The van der Waals surface area contributed by atoms with Crippen LogP contribution in [-0.2, 0) is 0 Å². The molecular formula is C25H22F2N4. The molecule has 0 spiro atoms. The number of hydrogen-bond donors (Lipinski definition) is 1. The predicted molar refractivity (Wildman–Crippen MR) is 120 cm³/mol. The molecule has 2 N–H and O–H groups in total. The van der Waals surface area contributed by atoms with Crippen LogP contribution in [-0.4, -0.2) is 29.1 Å². The Hall–Kier alpha value is -3.38. The Morgan fingerprint density at radius 3 is 2.52 bits per heavy atom. The number of nitrogens with zero attached hydrogens (tertiary/aromatic N) is 3. The third-order valence-electron chi connectivity index (χ3n) is 5.78. The lowest BCUT2D eigenvalue weighted by atomic mass is 10.0. The minimum absolute atomic E-state index is 0.116. The first-order valence-corrected chi connectivity index (χ1v) is 10.4. The largest absolute Gasteiger partial charge is 0.369 e. The highest BCUT2D eigenvalue weighted by Gasteiger charge is 2.19. The molecule has 0 amide bonds. The maximum atomic E-state index is 14.3. The number of halogens is 2. The van der Waals surface area contributed by atoms with Crippen molar-refractivity contribution in [3.05, 3.63) is 78.5 Å². The van der Waals surface area contributed by atoms with Gasteiger partial charge in [0.1, 0.15) is 11.6 Å². The predicted octanol–water partition coefficient (Wildman–Crippen LogP) is 5.17. The maximum absolute atomic E-state index is 14.3. The van der Waals surface area contributed by atoms with Gasteiger partial charge in [-0.2, -0.15) is 0 Å². The molecule has 156 valence electrons. The van der Waals surface area contributed by atoms with Gasteiger partial charge in [0, 0.05) is 42.0 Å². The van der Waals surface area contributed by atoms with Crippen molar-refractivity contribution in [2.24, 2.45) is 5.73 Å². The third kappa shape index (κ3) is 3.75. The van der Waals surface area contributed by atoms with Crippen molar-refractivity contribution >= 4 is 16.6 Å². The lowest BCUT2D eigenvalue weighted by molar-refractivity contribution is 0.507. The van der Waals surface area contributed by atoms with Gasteiger partial charge in [-0.15, -0.1) is 0 Å². The number of nitrogens with two attached hydrogens (primary N) is 1. The number of piperidine rings is 1. The van der Waals surface area contributed by atoms with Gasteiger partial charge in [0.15, 0.2) is 0 Å². The van der Waals surface area contributed by atoms with E-state index < -0.39 is 11.6 Å². The van der Waals surface area contributed by atoms with E-state index in [9.17, 15) is 8.78 Å². The van der Waals surface area contributed by atoms with Gasteiger partial charge in [-0.05, 0) is 55.3 Å². The average Bonchev–Trinajstić information content (AvgIpc) is 2.78. The molecule has 5 rings (SSSR count). The second-order valence-electron chi connectivity index (χ2n) is 7.92. The average molecular weight is 416 g/mol. The molecule has 1 unspecified atom stereocenters. The normalized spacial score (nSPS) is 16.6. The highest BCUT2D eigenvalue weighted by atomic mass is 19.1. The van der Waals surface area contributed by atoms with Crippen LogP contribution in [0.5, 0.6) is 0 Å². The first-order chi connectivity index (χ1) is 15.1. The van der Waals surface area contributed by atoms with Crippen molar-refractivity contribution in [2.45, 2.75) is 18.9 Å². The summed E-state index contributed by atoms with van der Waals surface area (Å²) in [6.07, 6.45) is 3.91. The number of aromatic nitrogens is 2. The van der Waals surface area contributed by atoms with Gasteiger partial charge in [-0.3, -0.25) is 4.98 Å². The monoisotopic (exact) mass is 416 g/mol. The molecule has 4 aromatic rings. The Balaban J connectivity index is 1.59. The quantitative estimate of drug-likeness (QED) is 0.501. The van der Waals surface area contributed by atoms with Crippen molar-refractivity contribution in [3.8, 4) is 22.5 Å². The van der Waals surface area contributed by atoms with Crippen LogP contribution >= 0.6 is 0 Å². The standard InChI is InChI=1S/C25H22F2N4/c26-19-5-1-6-20(27)25(19)23-8-2-7-21(30-23)16-9-10-22-18(14-16)24(11-12-29-22)31-13-3-4-17(28)15-31/h1-2,5-12,14,17H,3-4,13,15,28H2. The van der Waals surface area contributed by atoms with E-state index in [1.807, 2.05) is 36.5 Å². The molecule has 0 saturated carbocycles. The van der Waals surface area contributed by atoms with E-state index in [4.69, 9.17) is 5.73 Å². The van der Waals surface area contributed by atoms with Gasteiger partial charge in [-0.1, -0.05) is 18.2 Å². The molecule has 4 nitrogen and oxygen atoms in total. The van der Waals surface area contributed by atoms with Crippen molar-refractivity contribution in [2.75, 3.05) is 18.0 Å². The van der Waals surface area contributed by atoms with Crippen LogP contribution in [0.1, 0.15) is 12.8 Å². The fraction of sp³-hybridized carbons (Fsp3) is 0.200. The van der Waals surface area contributed by atoms with Gasteiger partial charge in [0.2, 0.25) is 0 Å². The highest BCUT2D eigenvalue weighted by molar-refractivity contribution is 5.94. The lowest BCUT2D eigenvalue weighted by Crippen LogP contribution is -2.42. The molecule has 3 heterocycles. The Morgan fingerprint density at radius 1 is 0.935 bits per heavy atom. The first-order valence-electron chi connectivity index (χ1n) is 10.4. The zero-order valence-electron chi connectivity index (χ0n) is 16.9. The molecule has 0 radical (unpaired) electrons. The number of anilines is 1. The molecule has 0 aliphatic carbocycles. The Labute approximate surface area is 179 Å². The Morgan fingerprint density at radius 2 is 1.71 bits per heavy atom. The maximum Gasteiger partial charge on any atom is 0.135 e. The summed E-state index contributed by atoms with van der Waals surface area (Å²) in [4.78, 5) is 11.4. The van der Waals surface area contributed by atoms with Crippen molar-refractivity contribution in [1.82, 2.24) is 9.97 Å². The number of fused-ring (bicyclic) bond motifs is 1. The van der Waals surface area contributed by atoms with Gasteiger partial charge < -0.3 is 10.6 Å². The van der Waals surface area contributed by atoms with E-state index >= 15 is 0 Å². The van der Waals surface area contributed by atoms with Gasteiger partial charge >= 0.3 is 0 Å². The lowest BCUT2D eigenvalue weighted by Gasteiger charge is -2.33. The van der Waals surface area contributed by atoms with E-state index in [0.29, 0.717) is 5.69 Å². The number of benzene rings is 2. The highest BCUT2D eigenvalue weighted by Crippen LogP contribution is 2.32. The van der Waals surface area contributed by atoms with E-state index in [1.165, 1.54) is 18.2 Å². The van der Waals surface area contributed by atoms with Crippen LogP contribution in [0.15, 0.2) is 66.9 Å². The van der Waals surface area contributed by atoms with Crippen LogP contribution in [0.3, 0.4) is 0 Å². The fourth-order valence-electron chi connectivity index (χ4n) is 4.27. The third-order valence-corrected chi connectivity index (χ3v) is 5.78. The summed E-state index contributed by atoms with van der Waals surface area (Å²) in [5, 5.41) is 1.01. The van der Waals surface area contributed by atoms with E-state index in [1.54, 1.807) is 12.1 Å². The molecule has 1 aliphatic heterocycles. The summed E-state index contributed by atoms with van der Waals surface area (Å²) in [6, 6.07) is 17.2. The molecule has 31 heavy (non-hydrogen) atoms. The Kier molecular flexibility index (Phi) is 5.08. The van der Waals surface area contributed by atoms with E-state index in [2.05, 4.69) is 14.9 Å². The van der Waals surface area contributed by atoms with Gasteiger partial charge in [0.05, 0.1) is 22.5 Å². The van der Waals surface area contributed by atoms with Crippen LogP contribution in [0.2, 0.25) is 0 Å². The molecule has 2 aromatic carbocycles. The van der Waals surface area contributed by atoms with Crippen molar-refractivity contribution in [3.63, 3.8) is 0 Å². The topological polar surface area (TPSA) is 55.0 Å². The van der Waals surface area contributed by atoms with Crippen LogP contribution in [0.4, 0.5) is 14.5 Å². The smallest absolute Gasteiger partial charge is 0.135 e. The Bertz CT molecular complexity index is 1240. The number of pyridine rings is 2. The van der Waals surface area contributed by atoms with E-state index in [0.717, 1.165) is 48.1 Å². The summed E-state index contributed by atoms with van der Waals surface area (Å²) < 4.78 is 28.5. The van der Waals surface area contributed by atoms with E-state index in [-0.39, 0.29) is 17.3 Å². The fourth-order valence-corrected chi connectivity index (χ4v) is 4.27. The van der Waals surface area contributed by atoms with Gasteiger partial charge in [-0.25, -0.2) is 13.8 Å². The molecule has 1 saturated heterocycles. The summed E-state index contributed by atoms with van der Waals surface area (Å²) in [7, 11) is 0. The summed E-state index contributed by atoms with van der Waals surface area (Å²) >= 11 is 0. The molecule has 1 atom stereocenters. The van der Waals surface area contributed by atoms with Crippen LogP contribution < -0.4 is 10.6 Å². The molecule has 1 aliphatic rings. The summed E-state index contributed by atoms with van der Waals surface area (Å²) in [5.74, 6) is -1.26. The summed E-state index contributed by atoms with van der Waals surface area (Å²) in [5.41, 5.74) is 9.83. The molecule has 6 heteroatoms. The minimum Gasteiger partial charge on any atom is -0.369 e. The minimum atomic E-state index is -0.629. The second-order valence-corrected chi connectivity index (χ2v) is 7.92. The van der Waals surface area contributed by atoms with Crippen LogP contribution in [0, 0.1) is 11.6 Å². The summed E-state index contributed by atoms with van der Waals surface area (Å²) in [6.45, 7) is 1.76. The first kappa shape index (κ1) is 19.6.